The summed E-state index contributed by atoms with van der Waals surface area (Å²) in [6.07, 6.45) is 1.04. The lowest BCUT2D eigenvalue weighted by Gasteiger charge is -2.31. The SMILES string of the molecule is CC(NC(=O)C1CCCN(S(=O)(=O)c2ccc(F)cc2)C1)c1nc(-c2ccc(F)cc2)no1. The first-order valence-electron chi connectivity index (χ1n) is 10.4. The molecule has 0 radical (unpaired) electrons. The Balaban J connectivity index is 1.41. The summed E-state index contributed by atoms with van der Waals surface area (Å²) in [6, 6.07) is 9.60. The van der Waals surface area contributed by atoms with E-state index in [1.807, 2.05) is 0 Å². The molecule has 2 unspecified atom stereocenters. The Labute approximate surface area is 189 Å². The van der Waals surface area contributed by atoms with Crippen molar-refractivity contribution in [1.29, 1.82) is 0 Å². The normalized spacial score (nSPS) is 18.1. The molecule has 11 heteroatoms. The maximum absolute atomic E-state index is 13.2. The number of hydrogen-bond acceptors (Lipinski definition) is 6. The molecule has 0 spiro atoms. The van der Waals surface area contributed by atoms with Gasteiger partial charge < -0.3 is 9.84 Å². The average Bonchev–Trinajstić information content (AvgIpc) is 3.30. The molecule has 1 fully saturated rings. The lowest BCUT2D eigenvalue weighted by molar-refractivity contribution is -0.126. The third kappa shape index (κ3) is 5.09. The number of halogens is 2. The number of piperidine rings is 1. The zero-order chi connectivity index (χ0) is 23.6. The van der Waals surface area contributed by atoms with E-state index < -0.39 is 27.8 Å². The van der Waals surface area contributed by atoms with Gasteiger partial charge in [0.1, 0.15) is 17.7 Å². The molecule has 33 heavy (non-hydrogen) atoms. The molecule has 1 amide bonds. The van der Waals surface area contributed by atoms with Crippen molar-refractivity contribution in [2.24, 2.45) is 5.92 Å². The zero-order valence-electron chi connectivity index (χ0n) is 17.7. The van der Waals surface area contributed by atoms with Crippen LogP contribution in [0.2, 0.25) is 0 Å². The number of nitrogens with one attached hydrogen (secondary N) is 1. The third-order valence-corrected chi connectivity index (χ3v) is 7.36. The van der Waals surface area contributed by atoms with Gasteiger partial charge in [-0.1, -0.05) is 5.16 Å². The summed E-state index contributed by atoms with van der Waals surface area (Å²) < 4.78 is 58.5. The molecule has 1 saturated heterocycles. The van der Waals surface area contributed by atoms with Crippen LogP contribution in [-0.4, -0.2) is 41.9 Å². The summed E-state index contributed by atoms with van der Waals surface area (Å²) in [6.45, 7) is 1.97. The molecule has 0 saturated carbocycles. The Hall–Kier alpha value is -3.18. The number of aromatic nitrogens is 2. The summed E-state index contributed by atoms with van der Waals surface area (Å²) >= 11 is 0. The highest BCUT2D eigenvalue weighted by molar-refractivity contribution is 7.89. The predicted octanol–water partition coefficient (Wildman–Crippen LogP) is 3.29. The average molecular weight is 477 g/mol. The highest BCUT2D eigenvalue weighted by atomic mass is 32.2. The first kappa shape index (κ1) is 23.0. The standard InChI is InChI=1S/C22H22F2N4O4S/c1-14(22-26-20(27-32-22)15-4-6-17(23)7-5-15)25-21(29)16-3-2-12-28(13-16)33(30,31)19-10-8-18(24)9-11-19/h4-11,14,16H,2-3,12-13H2,1H3,(H,25,29). The molecule has 0 bridgehead atoms. The van der Waals surface area contributed by atoms with Gasteiger partial charge in [-0.3, -0.25) is 4.79 Å². The topological polar surface area (TPSA) is 105 Å². The van der Waals surface area contributed by atoms with E-state index in [1.165, 1.54) is 40.7 Å². The van der Waals surface area contributed by atoms with Crippen LogP contribution < -0.4 is 5.32 Å². The second-order valence-corrected chi connectivity index (χ2v) is 9.79. The minimum absolute atomic E-state index is 0.0162. The van der Waals surface area contributed by atoms with Crippen LogP contribution in [0.25, 0.3) is 11.4 Å². The van der Waals surface area contributed by atoms with Gasteiger partial charge >= 0.3 is 0 Å². The van der Waals surface area contributed by atoms with Gasteiger partial charge in [-0.05, 0) is 68.3 Å². The van der Waals surface area contributed by atoms with E-state index in [-0.39, 0.29) is 41.4 Å². The number of hydrogen-bond donors (Lipinski definition) is 1. The van der Waals surface area contributed by atoms with Crippen LogP contribution in [0.4, 0.5) is 8.78 Å². The Kier molecular flexibility index (Phi) is 6.52. The van der Waals surface area contributed by atoms with E-state index in [0.29, 0.717) is 18.4 Å². The Bertz CT molecular complexity index is 1230. The number of carbonyl (C=O) groups excluding carboxylic acids is 1. The molecule has 1 aliphatic rings. The molecule has 2 aromatic carbocycles. The molecule has 2 atom stereocenters. The van der Waals surface area contributed by atoms with Crippen LogP contribution in [0.1, 0.15) is 31.7 Å². The van der Waals surface area contributed by atoms with E-state index in [9.17, 15) is 22.0 Å². The smallest absolute Gasteiger partial charge is 0.249 e. The van der Waals surface area contributed by atoms with Crippen LogP contribution >= 0.6 is 0 Å². The van der Waals surface area contributed by atoms with Crippen molar-refractivity contribution in [1.82, 2.24) is 19.8 Å². The first-order valence-corrected chi connectivity index (χ1v) is 11.8. The Morgan fingerprint density at radius 2 is 1.76 bits per heavy atom. The number of amides is 1. The third-order valence-electron chi connectivity index (χ3n) is 5.48. The zero-order valence-corrected chi connectivity index (χ0v) is 18.6. The fourth-order valence-electron chi connectivity index (χ4n) is 3.65. The molecule has 3 aromatic rings. The van der Waals surface area contributed by atoms with Crippen LogP contribution in [0.15, 0.2) is 57.9 Å². The maximum atomic E-state index is 13.2. The van der Waals surface area contributed by atoms with Gasteiger partial charge in [0, 0.05) is 18.7 Å². The molecule has 0 aliphatic carbocycles. The van der Waals surface area contributed by atoms with Gasteiger partial charge in [-0.2, -0.15) is 9.29 Å². The van der Waals surface area contributed by atoms with Crippen molar-refractivity contribution in [2.75, 3.05) is 13.1 Å². The lowest BCUT2D eigenvalue weighted by Crippen LogP contribution is -2.45. The van der Waals surface area contributed by atoms with Gasteiger partial charge in [0.15, 0.2) is 0 Å². The van der Waals surface area contributed by atoms with Crippen molar-refractivity contribution in [2.45, 2.75) is 30.7 Å². The summed E-state index contributed by atoms with van der Waals surface area (Å²) in [5, 5.41) is 6.66. The quantitative estimate of drug-likeness (QED) is 0.585. The number of rotatable bonds is 6. The lowest BCUT2D eigenvalue weighted by atomic mass is 9.98. The molecule has 1 aliphatic heterocycles. The number of benzene rings is 2. The largest absolute Gasteiger partial charge is 0.344 e. The number of sulfonamides is 1. The first-order chi connectivity index (χ1) is 15.7. The van der Waals surface area contributed by atoms with Gasteiger partial charge in [0.2, 0.25) is 27.6 Å². The second kappa shape index (κ2) is 9.36. The minimum Gasteiger partial charge on any atom is -0.344 e. The highest BCUT2D eigenvalue weighted by Crippen LogP contribution is 2.25. The van der Waals surface area contributed by atoms with E-state index in [0.717, 1.165) is 12.1 Å². The van der Waals surface area contributed by atoms with Crippen LogP contribution in [-0.2, 0) is 14.8 Å². The van der Waals surface area contributed by atoms with E-state index in [1.54, 1.807) is 6.92 Å². The van der Waals surface area contributed by atoms with Crippen LogP contribution in [0.5, 0.6) is 0 Å². The van der Waals surface area contributed by atoms with Crippen molar-refractivity contribution in [3.63, 3.8) is 0 Å². The van der Waals surface area contributed by atoms with Gasteiger partial charge in [-0.25, -0.2) is 17.2 Å². The molecule has 1 aromatic heterocycles. The van der Waals surface area contributed by atoms with E-state index in [2.05, 4.69) is 15.5 Å². The molecule has 174 valence electrons. The fourth-order valence-corrected chi connectivity index (χ4v) is 5.17. The van der Waals surface area contributed by atoms with Gasteiger partial charge in [-0.15, -0.1) is 0 Å². The van der Waals surface area contributed by atoms with Gasteiger partial charge in [0.05, 0.1) is 10.8 Å². The van der Waals surface area contributed by atoms with Crippen LogP contribution in [0.3, 0.4) is 0 Å². The summed E-state index contributed by atoms with van der Waals surface area (Å²) in [5.41, 5.74) is 0.568. The summed E-state index contributed by atoms with van der Waals surface area (Å²) in [7, 11) is -3.84. The van der Waals surface area contributed by atoms with Crippen molar-refractivity contribution >= 4 is 15.9 Å². The number of carbonyl (C=O) groups is 1. The molecule has 4 rings (SSSR count). The maximum Gasteiger partial charge on any atom is 0.249 e. The second-order valence-electron chi connectivity index (χ2n) is 7.85. The molecule has 8 nitrogen and oxygen atoms in total. The predicted molar refractivity (Wildman–Crippen MR) is 114 cm³/mol. The molecular weight excluding hydrogens is 454 g/mol. The molecule has 2 heterocycles. The highest BCUT2D eigenvalue weighted by Gasteiger charge is 2.34. The van der Waals surface area contributed by atoms with Crippen molar-refractivity contribution in [3.05, 3.63) is 66.1 Å². The van der Waals surface area contributed by atoms with E-state index >= 15 is 0 Å². The van der Waals surface area contributed by atoms with Crippen LogP contribution in [0, 0.1) is 17.6 Å². The van der Waals surface area contributed by atoms with Crippen molar-refractivity contribution in [3.8, 4) is 11.4 Å². The Morgan fingerprint density at radius 3 is 2.42 bits per heavy atom. The molecule has 1 N–H and O–H groups in total. The minimum atomic E-state index is -3.84. The molecular formula is C22H22F2N4O4S. The monoisotopic (exact) mass is 476 g/mol. The fraction of sp³-hybridized carbons (Fsp3) is 0.318. The van der Waals surface area contributed by atoms with Crippen molar-refractivity contribution < 1.29 is 26.5 Å². The van der Waals surface area contributed by atoms with E-state index in [4.69, 9.17) is 4.52 Å². The summed E-state index contributed by atoms with van der Waals surface area (Å²) in [5.74, 6) is -1.36. The summed E-state index contributed by atoms with van der Waals surface area (Å²) in [4.78, 5) is 17.1. The Morgan fingerprint density at radius 1 is 1.12 bits per heavy atom. The number of nitrogens with zero attached hydrogens (tertiary/aromatic N) is 3. The van der Waals surface area contributed by atoms with Gasteiger partial charge in [0.25, 0.3) is 0 Å².